The second-order valence-electron chi connectivity index (χ2n) is 11.6. The lowest BCUT2D eigenvalue weighted by Crippen LogP contribution is -2.62. The van der Waals surface area contributed by atoms with Gasteiger partial charge in [0.1, 0.15) is 0 Å². The maximum absolute atomic E-state index is 11.7. The van der Waals surface area contributed by atoms with E-state index >= 15 is 0 Å². The highest BCUT2D eigenvalue weighted by Gasteiger charge is 2.65. The Morgan fingerprint density at radius 2 is 1.80 bits per heavy atom. The first-order valence-electron chi connectivity index (χ1n) is 12.2. The highest BCUT2D eigenvalue weighted by molar-refractivity contribution is 5.69. The van der Waals surface area contributed by atoms with Crippen molar-refractivity contribution in [1.82, 2.24) is 0 Å². The molecule has 0 aliphatic heterocycles. The van der Waals surface area contributed by atoms with Gasteiger partial charge in [0.05, 0.1) is 25.4 Å². The van der Waals surface area contributed by atoms with Crippen LogP contribution in [0.3, 0.4) is 0 Å². The van der Waals surface area contributed by atoms with Gasteiger partial charge >= 0.3 is 5.97 Å². The zero-order valence-corrected chi connectivity index (χ0v) is 19.2. The summed E-state index contributed by atoms with van der Waals surface area (Å²) in [5.41, 5.74) is -0.0882. The predicted octanol–water partition coefficient (Wildman–Crippen LogP) is 3.54. The van der Waals surface area contributed by atoms with Crippen molar-refractivity contribution in [2.45, 2.75) is 96.9 Å². The van der Waals surface area contributed by atoms with E-state index in [2.05, 4.69) is 20.8 Å². The zero-order chi connectivity index (χ0) is 21.8. The summed E-state index contributed by atoms with van der Waals surface area (Å²) in [6.07, 6.45) is 6.60. The van der Waals surface area contributed by atoms with Gasteiger partial charge in [-0.3, -0.25) is 4.79 Å². The molecule has 0 radical (unpaired) electrons. The van der Waals surface area contributed by atoms with Crippen LogP contribution >= 0.6 is 0 Å². The Morgan fingerprint density at radius 3 is 2.50 bits per heavy atom. The molecule has 0 spiro atoms. The molecular weight excluding hydrogens is 380 g/mol. The Kier molecular flexibility index (Phi) is 6.04. The largest absolute Gasteiger partial charge is 0.469 e. The van der Waals surface area contributed by atoms with Crippen LogP contribution in [0.4, 0.5) is 0 Å². The Hall–Kier alpha value is -0.650. The minimum atomic E-state index is -0.369. The van der Waals surface area contributed by atoms with Crippen LogP contribution in [-0.4, -0.2) is 46.7 Å². The molecular formula is C25H42O5. The van der Waals surface area contributed by atoms with Gasteiger partial charge < -0.3 is 20.1 Å². The van der Waals surface area contributed by atoms with Gasteiger partial charge in [0.15, 0.2) is 0 Å². The van der Waals surface area contributed by atoms with Crippen LogP contribution in [0, 0.1) is 46.3 Å². The van der Waals surface area contributed by atoms with Crippen molar-refractivity contribution in [3.63, 3.8) is 0 Å². The van der Waals surface area contributed by atoms with E-state index in [0.717, 1.165) is 51.4 Å². The first kappa shape index (κ1) is 22.5. The van der Waals surface area contributed by atoms with Gasteiger partial charge in [-0.25, -0.2) is 0 Å². The maximum atomic E-state index is 11.7. The molecule has 5 heteroatoms. The second kappa shape index (κ2) is 8.04. The molecule has 5 nitrogen and oxygen atoms in total. The van der Waals surface area contributed by atoms with Gasteiger partial charge in [0.2, 0.25) is 0 Å². The van der Waals surface area contributed by atoms with Gasteiger partial charge in [-0.2, -0.15) is 0 Å². The topological polar surface area (TPSA) is 87.0 Å². The van der Waals surface area contributed by atoms with Crippen LogP contribution in [0.5, 0.6) is 0 Å². The summed E-state index contributed by atoms with van der Waals surface area (Å²) in [6, 6.07) is 0. The molecule has 0 amide bonds. The van der Waals surface area contributed by atoms with Gasteiger partial charge in [-0.15, -0.1) is 0 Å². The number of carbonyl (C=O) groups excluding carboxylic acids is 1. The highest BCUT2D eigenvalue weighted by atomic mass is 16.5. The van der Waals surface area contributed by atoms with Crippen molar-refractivity contribution in [3.8, 4) is 0 Å². The third-order valence-corrected chi connectivity index (χ3v) is 10.6. The van der Waals surface area contributed by atoms with E-state index in [4.69, 9.17) is 4.74 Å². The molecule has 172 valence electrons. The maximum Gasteiger partial charge on any atom is 0.305 e. The lowest BCUT2D eigenvalue weighted by Gasteiger charge is -2.63. The number of esters is 1. The Balaban J connectivity index is 1.58. The fraction of sp³-hybridized carbons (Fsp3) is 0.960. The lowest BCUT2D eigenvalue weighted by atomic mass is 9.43. The van der Waals surface area contributed by atoms with Crippen molar-refractivity contribution in [1.29, 1.82) is 0 Å². The van der Waals surface area contributed by atoms with E-state index in [0.29, 0.717) is 36.0 Å². The number of hydrogen-bond acceptors (Lipinski definition) is 5. The van der Waals surface area contributed by atoms with Crippen molar-refractivity contribution >= 4 is 5.97 Å². The van der Waals surface area contributed by atoms with E-state index in [1.165, 1.54) is 7.11 Å². The highest BCUT2D eigenvalue weighted by Crippen LogP contribution is 2.68. The standard InChI is InChI=1S/C25H42O5/c1-14(5-8-22(29)30-4)17-6-7-18-23-19(13-21(28)25(17,18)3)24(2)10-9-16(26)11-15(24)12-20(23)27/h14-21,23,26-28H,5-13H2,1-4H3/t14-,15?,16-,17-,18?,19+,20-,21+,23?,24+,25-/m1/s1. The van der Waals surface area contributed by atoms with Crippen LogP contribution in [0.15, 0.2) is 0 Å². The van der Waals surface area contributed by atoms with Crippen molar-refractivity contribution in [3.05, 3.63) is 0 Å². The molecule has 4 aliphatic rings. The monoisotopic (exact) mass is 422 g/mol. The minimum Gasteiger partial charge on any atom is -0.469 e. The zero-order valence-electron chi connectivity index (χ0n) is 19.2. The molecule has 0 bridgehead atoms. The Morgan fingerprint density at radius 1 is 1.07 bits per heavy atom. The van der Waals surface area contributed by atoms with Crippen molar-refractivity contribution in [2.75, 3.05) is 7.11 Å². The van der Waals surface area contributed by atoms with E-state index in [9.17, 15) is 20.1 Å². The van der Waals surface area contributed by atoms with E-state index < -0.39 is 0 Å². The normalized spacial score (nSPS) is 51.4. The number of methoxy groups -OCH3 is 1. The van der Waals surface area contributed by atoms with Crippen LogP contribution in [0.1, 0.15) is 78.6 Å². The summed E-state index contributed by atoms with van der Waals surface area (Å²) in [4.78, 5) is 11.7. The quantitative estimate of drug-likeness (QED) is 0.603. The van der Waals surface area contributed by atoms with E-state index in [-0.39, 0.29) is 41.0 Å². The molecule has 4 aliphatic carbocycles. The lowest BCUT2D eigenvalue weighted by molar-refractivity contribution is -0.207. The fourth-order valence-electron chi connectivity index (χ4n) is 8.78. The van der Waals surface area contributed by atoms with Crippen LogP contribution < -0.4 is 0 Å². The second-order valence-corrected chi connectivity index (χ2v) is 11.6. The van der Waals surface area contributed by atoms with E-state index in [1.807, 2.05) is 0 Å². The number of aliphatic hydroxyl groups is 3. The number of fused-ring (bicyclic) bond motifs is 5. The molecule has 4 rings (SSSR count). The van der Waals surface area contributed by atoms with Gasteiger partial charge in [-0.1, -0.05) is 20.8 Å². The van der Waals surface area contributed by atoms with Gasteiger partial charge in [-0.05, 0) is 97.7 Å². The molecule has 30 heavy (non-hydrogen) atoms. The molecule has 11 atom stereocenters. The minimum absolute atomic E-state index is 0.111. The summed E-state index contributed by atoms with van der Waals surface area (Å²) in [6.45, 7) is 6.85. The van der Waals surface area contributed by atoms with Crippen LogP contribution in [0.2, 0.25) is 0 Å². The summed E-state index contributed by atoms with van der Waals surface area (Å²) in [5.74, 6) is 1.81. The molecule has 0 saturated heterocycles. The SMILES string of the molecule is COC(=O)CC[C@@H](C)[C@H]1CCC2C3[C@H](O)CC4C[C@H](O)CC[C@]4(C)[C@H]3C[C@H](O)[C@@]21C. The van der Waals surface area contributed by atoms with Crippen LogP contribution in [0.25, 0.3) is 0 Å². The third-order valence-electron chi connectivity index (χ3n) is 10.6. The number of carbonyl (C=O) groups is 1. The molecule has 0 aromatic heterocycles. The van der Waals surface area contributed by atoms with Crippen molar-refractivity contribution in [2.24, 2.45) is 46.3 Å². The molecule has 0 heterocycles. The molecule has 3 unspecified atom stereocenters. The molecule has 0 aromatic rings. The molecule has 4 saturated carbocycles. The Labute approximate surface area is 181 Å². The molecule has 3 N–H and O–H groups in total. The van der Waals surface area contributed by atoms with Crippen molar-refractivity contribution < 1.29 is 24.9 Å². The average molecular weight is 423 g/mol. The van der Waals surface area contributed by atoms with E-state index in [1.54, 1.807) is 0 Å². The Bertz CT molecular complexity index is 651. The third kappa shape index (κ3) is 3.34. The number of rotatable bonds is 4. The number of ether oxygens (including phenoxy) is 1. The molecule has 0 aromatic carbocycles. The first-order valence-corrected chi connectivity index (χ1v) is 12.2. The first-order chi connectivity index (χ1) is 14.1. The average Bonchev–Trinajstić information content (AvgIpc) is 3.06. The smallest absolute Gasteiger partial charge is 0.305 e. The summed E-state index contributed by atoms with van der Waals surface area (Å²) in [5, 5.41) is 33.1. The van der Waals surface area contributed by atoms with Crippen LogP contribution in [-0.2, 0) is 9.53 Å². The number of aliphatic hydroxyl groups excluding tert-OH is 3. The molecule has 4 fully saturated rings. The fourth-order valence-corrected chi connectivity index (χ4v) is 8.78. The van der Waals surface area contributed by atoms with Gasteiger partial charge in [0, 0.05) is 6.42 Å². The summed E-state index contributed by atoms with van der Waals surface area (Å²) in [7, 11) is 1.44. The summed E-state index contributed by atoms with van der Waals surface area (Å²) < 4.78 is 4.83. The predicted molar refractivity (Wildman–Crippen MR) is 114 cm³/mol. The number of hydrogen-bond donors (Lipinski definition) is 3. The van der Waals surface area contributed by atoms with Gasteiger partial charge in [0.25, 0.3) is 0 Å². The summed E-state index contributed by atoms with van der Waals surface area (Å²) >= 11 is 0.